The molecule has 0 radical (unpaired) electrons. The Morgan fingerprint density at radius 1 is 1.04 bits per heavy atom. The zero-order valence-corrected chi connectivity index (χ0v) is 13.9. The first-order chi connectivity index (χ1) is 10.7. The third-order valence-electron chi connectivity index (χ3n) is 3.54. The summed E-state index contributed by atoms with van der Waals surface area (Å²) in [5, 5.41) is -0.618. The molecule has 0 aliphatic carbocycles. The molecule has 1 aromatic carbocycles. The molecule has 128 valence electrons. The van der Waals surface area contributed by atoms with Crippen LogP contribution in [0.5, 0.6) is 0 Å². The van der Waals surface area contributed by atoms with Crippen molar-refractivity contribution in [3.8, 4) is 0 Å². The molecule has 0 bridgehead atoms. The summed E-state index contributed by atoms with van der Waals surface area (Å²) in [7, 11) is -7.99. The number of fused-ring (bicyclic) bond motifs is 1. The lowest BCUT2D eigenvalue weighted by Crippen LogP contribution is -2.34. The van der Waals surface area contributed by atoms with Crippen LogP contribution in [0.15, 0.2) is 40.2 Å². The van der Waals surface area contributed by atoms with Gasteiger partial charge in [0.05, 0.1) is 11.4 Å². The fraction of sp³-hybridized carbons (Fsp3) is 0.462. The minimum absolute atomic E-state index is 0.374. The third-order valence-corrected chi connectivity index (χ3v) is 5.44. The van der Waals surface area contributed by atoms with Gasteiger partial charge in [-0.2, -0.15) is 8.42 Å². The van der Waals surface area contributed by atoms with E-state index in [1.54, 1.807) is 24.3 Å². The molecule has 1 atom stereocenters. The van der Waals surface area contributed by atoms with Crippen molar-refractivity contribution in [2.45, 2.75) is 29.5 Å². The molecule has 1 aromatic rings. The van der Waals surface area contributed by atoms with Crippen molar-refractivity contribution in [3.63, 3.8) is 0 Å². The van der Waals surface area contributed by atoms with E-state index >= 15 is 0 Å². The lowest BCUT2D eigenvalue weighted by molar-refractivity contribution is 0.381. The number of sulfone groups is 1. The maximum absolute atomic E-state index is 12.4. The molecule has 0 amide bonds. The maximum atomic E-state index is 12.4. The first-order valence-corrected chi connectivity index (χ1v) is 9.93. The SMILES string of the molecule is O=S(=O)(O)O.O=S(=O)(c1ccccc1)C1CN2CCCCC2=N1. The monoisotopic (exact) mass is 362 g/mol. The zero-order chi connectivity index (χ0) is 17.1. The van der Waals surface area contributed by atoms with Crippen LogP contribution in [0.4, 0.5) is 0 Å². The summed E-state index contributed by atoms with van der Waals surface area (Å²) in [5.74, 6) is 0.978. The lowest BCUT2D eigenvalue weighted by Gasteiger charge is -2.24. The number of benzene rings is 1. The topological polar surface area (TPSA) is 124 Å². The molecule has 0 aromatic heterocycles. The Kier molecular flexibility index (Phi) is 5.40. The Bertz CT molecular complexity index is 766. The highest BCUT2D eigenvalue weighted by Crippen LogP contribution is 2.25. The van der Waals surface area contributed by atoms with Crippen molar-refractivity contribution in [1.29, 1.82) is 0 Å². The summed E-state index contributed by atoms with van der Waals surface area (Å²) < 4.78 is 56.5. The number of hydrogen-bond acceptors (Lipinski definition) is 6. The quantitative estimate of drug-likeness (QED) is 0.753. The molecule has 1 unspecified atom stereocenters. The average molecular weight is 362 g/mol. The van der Waals surface area contributed by atoms with Gasteiger partial charge >= 0.3 is 10.4 Å². The van der Waals surface area contributed by atoms with Gasteiger partial charge in [0.25, 0.3) is 0 Å². The highest BCUT2D eigenvalue weighted by Gasteiger charge is 2.35. The van der Waals surface area contributed by atoms with Gasteiger partial charge in [0.1, 0.15) is 5.84 Å². The molecule has 3 rings (SSSR count). The molecule has 1 saturated heterocycles. The first-order valence-electron chi connectivity index (χ1n) is 6.98. The Morgan fingerprint density at radius 2 is 1.65 bits per heavy atom. The third kappa shape index (κ3) is 4.99. The smallest absolute Gasteiger partial charge is 0.357 e. The summed E-state index contributed by atoms with van der Waals surface area (Å²) >= 11 is 0. The van der Waals surface area contributed by atoms with Gasteiger partial charge in [0.2, 0.25) is 9.84 Å². The first kappa shape index (κ1) is 17.9. The maximum Gasteiger partial charge on any atom is 0.394 e. The zero-order valence-electron chi connectivity index (χ0n) is 12.2. The van der Waals surface area contributed by atoms with Gasteiger partial charge < -0.3 is 4.90 Å². The predicted molar refractivity (Wildman–Crippen MR) is 84.5 cm³/mol. The van der Waals surface area contributed by atoms with E-state index in [0.717, 1.165) is 31.6 Å². The Balaban J connectivity index is 0.000000338. The van der Waals surface area contributed by atoms with E-state index < -0.39 is 25.6 Å². The molecule has 2 aliphatic heterocycles. The van der Waals surface area contributed by atoms with Crippen molar-refractivity contribution in [3.05, 3.63) is 30.3 Å². The minimum atomic E-state index is -4.67. The number of nitrogens with zero attached hydrogens (tertiary/aromatic N) is 2. The summed E-state index contributed by atoms with van der Waals surface area (Å²) in [4.78, 5) is 6.91. The van der Waals surface area contributed by atoms with E-state index in [9.17, 15) is 8.42 Å². The summed E-state index contributed by atoms with van der Waals surface area (Å²) in [6, 6.07) is 8.62. The van der Waals surface area contributed by atoms with E-state index in [-0.39, 0.29) is 0 Å². The van der Waals surface area contributed by atoms with Crippen LogP contribution >= 0.6 is 0 Å². The average Bonchev–Trinajstić information content (AvgIpc) is 2.91. The molecule has 8 nitrogen and oxygen atoms in total. The van der Waals surface area contributed by atoms with E-state index in [4.69, 9.17) is 17.5 Å². The molecular weight excluding hydrogens is 344 g/mol. The van der Waals surface area contributed by atoms with Crippen molar-refractivity contribution in [2.75, 3.05) is 13.1 Å². The Morgan fingerprint density at radius 3 is 2.22 bits per heavy atom. The minimum Gasteiger partial charge on any atom is -0.357 e. The number of amidine groups is 1. The van der Waals surface area contributed by atoms with Gasteiger partial charge in [0, 0.05) is 13.0 Å². The normalized spacial score (nSPS) is 21.0. The van der Waals surface area contributed by atoms with Gasteiger partial charge in [-0.05, 0) is 25.0 Å². The van der Waals surface area contributed by atoms with E-state index in [2.05, 4.69) is 9.89 Å². The summed E-state index contributed by atoms with van der Waals surface area (Å²) in [5.41, 5.74) is 0. The summed E-state index contributed by atoms with van der Waals surface area (Å²) in [6.45, 7) is 1.46. The van der Waals surface area contributed by atoms with Crippen LogP contribution in [0.1, 0.15) is 19.3 Å². The van der Waals surface area contributed by atoms with Crippen LogP contribution in [-0.4, -0.2) is 55.1 Å². The summed E-state index contributed by atoms with van der Waals surface area (Å²) in [6.07, 6.45) is 3.17. The highest BCUT2D eigenvalue weighted by atomic mass is 32.3. The van der Waals surface area contributed by atoms with Gasteiger partial charge in [-0.15, -0.1) is 0 Å². The highest BCUT2D eigenvalue weighted by molar-refractivity contribution is 7.92. The molecule has 0 spiro atoms. The van der Waals surface area contributed by atoms with Crippen LogP contribution in [0.25, 0.3) is 0 Å². The predicted octanol–water partition coefficient (Wildman–Crippen LogP) is 1.03. The second kappa shape index (κ2) is 6.95. The van der Waals surface area contributed by atoms with Gasteiger partial charge in [-0.25, -0.2) is 8.42 Å². The van der Waals surface area contributed by atoms with Gasteiger partial charge in [-0.1, -0.05) is 18.2 Å². The van der Waals surface area contributed by atoms with Crippen molar-refractivity contribution < 1.29 is 25.9 Å². The molecule has 10 heteroatoms. The van der Waals surface area contributed by atoms with E-state index in [1.165, 1.54) is 0 Å². The van der Waals surface area contributed by atoms with Crippen molar-refractivity contribution in [1.82, 2.24) is 4.90 Å². The van der Waals surface area contributed by atoms with Gasteiger partial charge in [-0.3, -0.25) is 14.1 Å². The second-order valence-corrected chi connectivity index (χ2v) is 8.21. The Labute approximate surface area is 135 Å². The van der Waals surface area contributed by atoms with Crippen LogP contribution < -0.4 is 0 Å². The lowest BCUT2D eigenvalue weighted by atomic mass is 10.1. The number of piperidine rings is 1. The van der Waals surface area contributed by atoms with E-state index in [1.807, 2.05) is 6.07 Å². The van der Waals surface area contributed by atoms with Crippen LogP contribution in [0.3, 0.4) is 0 Å². The molecule has 23 heavy (non-hydrogen) atoms. The standard InChI is InChI=1S/C13H16N2O2S.H2O4S/c16-18(17,11-6-2-1-3-7-11)13-10-15-9-5-4-8-12(15)14-13;1-5(2,3)4/h1-3,6-7,13H,4-5,8-10H2;(H2,1,2,3,4). The van der Waals surface area contributed by atoms with Crippen molar-refractivity contribution in [2.24, 2.45) is 4.99 Å². The number of rotatable bonds is 2. The largest absolute Gasteiger partial charge is 0.394 e. The molecule has 2 N–H and O–H groups in total. The van der Waals surface area contributed by atoms with Crippen molar-refractivity contribution >= 4 is 26.1 Å². The Hall–Kier alpha value is -1.49. The molecule has 1 fully saturated rings. The molecule has 0 saturated carbocycles. The molecule has 2 aliphatic rings. The number of aliphatic imine (C=N–C) groups is 1. The van der Waals surface area contributed by atoms with Crippen LogP contribution in [0, 0.1) is 0 Å². The number of hydrogen-bond donors (Lipinski definition) is 2. The molecular formula is C13H18N2O6S2. The molecule has 2 heterocycles. The van der Waals surface area contributed by atoms with Crippen LogP contribution in [0.2, 0.25) is 0 Å². The van der Waals surface area contributed by atoms with Crippen LogP contribution in [-0.2, 0) is 20.2 Å². The van der Waals surface area contributed by atoms with E-state index in [0.29, 0.717) is 11.4 Å². The second-order valence-electron chi connectivity index (χ2n) is 5.21. The fourth-order valence-electron chi connectivity index (χ4n) is 2.55. The fourth-order valence-corrected chi connectivity index (χ4v) is 4.03. The van der Waals surface area contributed by atoms with Gasteiger partial charge in [0.15, 0.2) is 5.37 Å².